The monoisotopic (exact) mass is 270 g/mol. The van der Waals surface area contributed by atoms with Crippen LogP contribution in [0, 0.1) is 11.6 Å². The number of carbonyl (C=O) groups excluding carboxylic acids is 1. The molecule has 3 nitrogen and oxygen atoms in total. The Morgan fingerprint density at radius 1 is 1.32 bits per heavy atom. The molecule has 0 radical (unpaired) electrons. The van der Waals surface area contributed by atoms with Crippen molar-refractivity contribution in [1.82, 2.24) is 4.90 Å². The fraction of sp³-hybridized carbons (Fsp3) is 0.500. The molecule has 0 aliphatic carbocycles. The van der Waals surface area contributed by atoms with E-state index >= 15 is 0 Å². The summed E-state index contributed by atoms with van der Waals surface area (Å²) in [6, 6.07) is 3.28. The maximum atomic E-state index is 13.5. The molecule has 0 aliphatic rings. The molecule has 0 fully saturated rings. The summed E-state index contributed by atoms with van der Waals surface area (Å²) in [4.78, 5) is 13.7. The summed E-state index contributed by atoms with van der Waals surface area (Å²) in [7, 11) is 0. The first-order valence-corrected chi connectivity index (χ1v) is 6.50. The van der Waals surface area contributed by atoms with Crippen LogP contribution in [0.4, 0.5) is 8.78 Å². The molecule has 1 amide bonds. The highest BCUT2D eigenvalue weighted by Gasteiger charge is 2.15. The Morgan fingerprint density at radius 3 is 2.63 bits per heavy atom. The van der Waals surface area contributed by atoms with E-state index in [2.05, 4.69) is 0 Å². The average molecular weight is 270 g/mol. The van der Waals surface area contributed by atoms with E-state index in [0.717, 1.165) is 25.0 Å². The molecule has 1 aromatic rings. The fourth-order valence-electron chi connectivity index (χ4n) is 1.85. The molecule has 0 aliphatic heterocycles. The van der Waals surface area contributed by atoms with Crippen LogP contribution in [0.5, 0.6) is 0 Å². The molecule has 106 valence electrons. The van der Waals surface area contributed by atoms with Gasteiger partial charge in [0.1, 0.15) is 11.6 Å². The maximum Gasteiger partial charge on any atom is 0.227 e. The third kappa shape index (κ3) is 4.95. The zero-order valence-electron chi connectivity index (χ0n) is 11.2. The van der Waals surface area contributed by atoms with Gasteiger partial charge in [-0.25, -0.2) is 8.78 Å². The van der Waals surface area contributed by atoms with E-state index < -0.39 is 11.6 Å². The van der Waals surface area contributed by atoms with Gasteiger partial charge in [0.25, 0.3) is 0 Å². The van der Waals surface area contributed by atoms with Crippen molar-refractivity contribution in [3.63, 3.8) is 0 Å². The van der Waals surface area contributed by atoms with Crippen LogP contribution in [0.25, 0.3) is 0 Å². The summed E-state index contributed by atoms with van der Waals surface area (Å²) in [5.74, 6) is -1.47. The first-order chi connectivity index (χ1) is 9.08. The summed E-state index contributed by atoms with van der Waals surface area (Å²) < 4.78 is 26.3. The molecule has 0 unspecified atom stereocenters. The first kappa shape index (κ1) is 15.6. The minimum Gasteiger partial charge on any atom is -0.342 e. The van der Waals surface area contributed by atoms with Crippen molar-refractivity contribution in [3.8, 4) is 0 Å². The summed E-state index contributed by atoms with van der Waals surface area (Å²) in [6.07, 6.45) is 1.51. The highest BCUT2D eigenvalue weighted by atomic mass is 19.1. The van der Waals surface area contributed by atoms with Crippen molar-refractivity contribution in [2.24, 2.45) is 5.73 Å². The van der Waals surface area contributed by atoms with Gasteiger partial charge in [-0.1, -0.05) is 13.0 Å². The molecule has 0 saturated carbocycles. The zero-order chi connectivity index (χ0) is 14.3. The smallest absolute Gasteiger partial charge is 0.227 e. The number of hydrogen-bond donors (Lipinski definition) is 1. The van der Waals surface area contributed by atoms with Crippen molar-refractivity contribution >= 4 is 5.91 Å². The van der Waals surface area contributed by atoms with Gasteiger partial charge < -0.3 is 10.6 Å². The van der Waals surface area contributed by atoms with Crippen LogP contribution in [-0.4, -0.2) is 30.4 Å². The Hall–Kier alpha value is -1.49. The second kappa shape index (κ2) is 7.84. The highest BCUT2D eigenvalue weighted by Crippen LogP contribution is 2.11. The lowest BCUT2D eigenvalue weighted by atomic mass is 10.1. The summed E-state index contributed by atoms with van der Waals surface area (Å²) >= 11 is 0. The van der Waals surface area contributed by atoms with Crippen LogP contribution in [0.15, 0.2) is 18.2 Å². The lowest BCUT2D eigenvalue weighted by molar-refractivity contribution is -0.130. The van der Waals surface area contributed by atoms with Crippen molar-refractivity contribution in [2.45, 2.75) is 26.2 Å². The van der Waals surface area contributed by atoms with Gasteiger partial charge in [-0.2, -0.15) is 0 Å². The van der Waals surface area contributed by atoms with Gasteiger partial charge in [0, 0.05) is 19.2 Å². The van der Waals surface area contributed by atoms with Crippen LogP contribution in [0.3, 0.4) is 0 Å². The van der Waals surface area contributed by atoms with Gasteiger partial charge in [0.15, 0.2) is 0 Å². The number of hydrogen-bond acceptors (Lipinski definition) is 2. The molecule has 5 heteroatoms. The van der Waals surface area contributed by atoms with Gasteiger partial charge in [-0.05, 0) is 31.0 Å². The quantitative estimate of drug-likeness (QED) is 0.824. The molecule has 1 rings (SSSR count). The molecule has 0 saturated heterocycles. The van der Waals surface area contributed by atoms with Crippen LogP contribution in [-0.2, 0) is 11.2 Å². The Balaban J connectivity index is 2.69. The highest BCUT2D eigenvalue weighted by molar-refractivity contribution is 5.78. The standard InChI is InChI=1S/C14H20F2N2O/c1-2-7-18(8-3-6-17)14(19)9-11-4-5-12(15)10-13(11)16/h4-5,10H,2-3,6-9,17H2,1H3. The van der Waals surface area contributed by atoms with Crippen LogP contribution in [0.1, 0.15) is 25.3 Å². The Kier molecular flexibility index (Phi) is 6.42. The number of amides is 1. The minimum atomic E-state index is -0.677. The first-order valence-electron chi connectivity index (χ1n) is 6.50. The Bertz CT molecular complexity index is 424. The zero-order valence-corrected chi connectivity index (χ0v) is 11.2. The lowest BCUT2D eigenvalue weighted by Crippen LogP contribution is -2.35. The maximum absolute atomic E-state index is 13.5. The normalized spacial score (nSPS) is 10.5. The van der Waals surface area contributed by atoms with E-state index in [-0.39, 0.29) is 17.9 Å². The van der Waals surface area contributed by atoms with Gasteiger partial charge in [-0.3, -0.25) is 4.79 Å². The van der Waals surface area contributed by atoms with Crippen LogP contribution >= 0.6 is 0 Å². The molecule has 2 N–H and O–H groups in total. The Morgan fingerprint density at radius 2 is 2.05 bits per heavy atom. The fourth-order valence-corrected chi connectivity index (χ4v) is 1.85. The van der Waals surface area contributed by atoms with E-state index in [1.807, 2.05) is 6.92 Å². The van der Waals surface area contributed by atoms with E-state index in [0.29, 0.717) is 19.6 Å². The number of rotatable bonds is 7. The topological polar surface area (TPSA) is 46.3 Å². The van der Waals surface area contributed by atoms with E-state index in [4.69, 9.17) is 5.73 Å². The van der Waals surface area contributed by atoms with Gasteiger partial charge in [0.05, 0.1) is 6.42 Å². The third-order valence-corrected chi connectivity index (χ3v) is 2.84. The number of benzene rings is 1. The minimum absolute atomic E-state index is 0.0450. The van der Waals surface area contributed by atoms with Crippen molar-refractivity contribution in [3.05, 3.63) is 35.4 Å². The SMILES string of the molecule is CCCN(CCCN)C(=O)Cc1ccc(F)cc1F. The van der Waals surface area contributed by atoms with Gasteiger partial charge in [0.2, 0.25) is 5.91 Å². The summed E-state index contributed by atoms with van der Waals surface area (Å²) in [5, 5.41) is 0. The number of nitrogens with zero attached hydrogens (tertiary/aromatic N) is 1. The summed E-state index contributed by atoms with van der Waals surface area (Å²) in [6.45, 7) is 3.69. The average Bonchev–Trinajstić information content (AvgIpc) is 2.37. The van der Waals surface area contributed by atoms with Crippen molar-refractivity contribution < 1.29 is 13.6 Å². The Labute approximate surface area is 112 Å². The second-order valence-corrected chi connectivity index (χ2v) is 4.44. The largest absolute Gasteiger partial charge is 0.342 e. The number of nitrogens with two attached hydrogens (primary N) is 1. The lowest BCUT2D eigenvalue weighted by Gasteiger charge is -2.22. The predicted octanol–water partition coefficient (Wildman–Crippen LogP) is 2.09. The molecular weight excluding hydrogens is 250 g/mol. The van der Waals surface area contributed by atoms with Crippen molar-refractivity contribution in [2.75, 3.05) is 19.6 Å². The van der Waals surface area contributed by atoms with Gasteiger partial charge in [-0.15, -0.1) is 0 Å². The summed E-state index contributed by atoms with van der Waals surface area (Å²) in [5.41, 5.74) is 5.65. The molecule has 0 heterocycles. The van der Waals surface area contributed by atoms with E-state index in [9.17, 15) is 13.6 Å². The van der Waals surface area contributed by atoms with Crippen LogP contribution in [0.2, 0.25) is 0 Å². The van der Waals surface area contributed by atoms with E-state index in [1.165, 1.54) is 6.07 Å². The van der Waals surface area contributed by atoms with Crippen LogP contribution < -0.4 is 5.73 Å². The molecule has 0 bridgehead atoms. The molecule has 19 heavy (non-hydrogen) atoms. The third-order valence-electron chi connectivity index (χ3n) is 2.84. The molecule has 1 aromatic carbocycles. The molecule has 0 spiro atoms. The molecule has 0 aromatic heterocycles. The van der Waals surface area contributed by atoms with Gasteiger partial charge >= 0.3 is 0 Å². The molecule has 0 atom stereocenters. The number of carbonyl (C=O) groups is 1. The number of halogens is 2. The second-order valence-electron chi connectivity index (χ2n) is 4.44. The van der Waals surface area contributed by atoms with E-state index in [1.54, 1.807) is 4.90 Å². The van der Waals surface area contributed by atoms with Crippen molar-refractivity contribution in [1.29, 1.82) is 0 Å². The predicted molar refractivity (Wildman–Crippen MR) is 70.6 cm³/mol. The molecular formula is C14H20F2N2O.